The number of rotatable bonds is 8. The minimum atomic E-state index is -0.675. The van der Waals surface area contributed by atoms with Gasteiger partial charge in [-0.2, -0.15) is 0 Å². The summed E-state index contributed by atoms with van der Waals surface area (Å²) in [6.45, 7) is 4.07. The van der Waals surface area contributed by atoms with E-state index in [1.807, 2.05) is 25.1 Å². The largest absolute Gasteiger partial charge is 0.494 e. The second-order valence-electron chi connectivity index (χ2n) is 9.16. The van der Waals surface area contributed by atoms with E-state index < -0.39 is 17.7 Å². The van der Waals surface area contributed by atoms with E-state index in [2.05, 4.69) is 10.6 Å². The fourth-order valence-corrected chi connectivity index (χ4v) is 4.70. The van der Waals surface area contributed by atoms with Gasteiger partial charge in [0.05, 0.1) is 23.7 Å². The highest BCUT2D eigenvalue weighted by Gasteiger charge is 2.39. The number of carbonyl (C=O) groups excluding carboxylic acids is 3. The molecule has 0 saturated carbocycles. The van der Waals surface area contributed by atoms with Crippen LogP contribution < -0.4 is 25.8 Å². The molecule has 0 atom stereocenters. The van der Waals surface area contributed by atoms with Gasteiger partial charge in [-0.15, -0.1) is 0 Å². The van der Waals surface area contributed by atoms with E-state index in [1.54, 1.807) is 73.3 Å². The molecule has 1 aromatic heterocycles. The van der Waals surface area contributed by atoms with Gasteiger partial charge in [-0.3, -0.25) is 23.9 Å². The summed E-state index contributed by atoms with van der Waals surface area (Å²) < 4.78 is 8.55. The molecular weight excluding hydrogens is 546 g/mol. The van der Waals surface area contributed by atoms with Crippen LogP contribution in [0, 0.1) is 6.92 Å². The Hall–Kier alpha value is -5.09. The van der Waals surface area contributed by atoms with Crippen molar-refractivity contribution in [2.24, 2.45) is 7.05 Å². The second kappa shape index (κ2) is 11.2. The highest BCUT2D eigenvalue weighted by Crippen LogP contribution is 2.31. The van der Waals surface area contributed by atoms with Crippen molar-refractivity contribution in [3.63, 3.8) is 0 Å². The predicted octanol–water partition coefficient (Wildman–Crippen LogP) is 4.57. The number of hydrogen-bond acceptors (Lipinski definition) is 6. The van der Waals surface area contributed by atoms with Crippen LogP contribution in [0.1, 0.15) is 23.0 Å². The van der Waals surface area contributed by atoms with E-state index in [9.17, 15) is 19.2 Å². The van der Waals surface area contributed by atoms with E-state index >= 15 is 0 Å². The summed E-state index contributed by atoms with van der Waals surface area (Å²) in [5, 5.41) is 5.32. The highest BCUT2D eigenvalue weighted by atomic mass is 35.5. The van der Waals surface area contributed by atoms with Crippen molar-refractivity contribution in [2.45, 2.75) is 13.8 Å². The van der Waals surface area contributed by atoms with Crippen LogP contribution in [0.25, 0.3) is 5.69 Å². The van der Waals surface area contributed by atoms with E-state index in [1.165, 1.54) is 10.7 Å². The average molecular weight is 572 g/mol. The van der Waals surface area contributed by atoms with Gasteiger partial charge in [-0.25, -0.2) is 9.58 Å². The maximum Gasteiger partial charge on any atom is 0.295 e. The monoisotopic (exact) mass is 571 g/mol. The van der Waals surface area contributed by atoms with Crippen LogP contribution in [0.3, 0.4) is 0 Å². The summed E-state index contributed by atoms with van der Waals surface area (Å²) in [6.07, 6.45) is 0. The molecule has 2 N–H and O–H groups in total. The molecule has 3 aromatic carbocycles. The van der Waals surface area contributed by atoms with E-state index in [0.717, 1.165) is 4.90 Å². The summed E-state index contributed by atoms with van der Waals surface area (Å²) in [6, 6.07) is 21.9. The second-order valence-corrected chi connectivity index (χ2v) is 9.54. The molecule has 3 amide bonds. The molecule has 0 saturated heterocycles. The number of carbonyl (C=O) groups is 3. The molecule has 0 aliphatic carbocycles. The zero-order valence-corrected chi connectivity index (χ0v) is 23.2. The van der Waals surface area contributed by atoms with E-state index in [0.29, 0.717) is 35.1 Å². The first-order valence-corrected chi connectivity index (χ1v) is 13.1. The molecule has 5 rings (SSSR count). The molecule has 41 heavy (non-hydrogen) atoms. The summed E-state index contributed by atoms with van der Waals surface area (Å²) in [5.41, 5.74) is 1.80. The number of hydrogen-bond donors (Lipinski definition) is 2. The van der Waals surface area contributed by atoms with E-state index in [-0.39, 0.29) is 27.5 Å². The van der Waals surface area contributed by atoms with Crippen LogP contribution in [0.15, 0.2) is 94.4 Å². The van der Waals surface area contributed by atoms with Crippen LogP contribution in [-0.2, 0) is 16.6 Å². The first kappa shape index (κ1) is 27.5. The van der Waals surface area contributed by atoms with E-state index in [4.69, 9.17) is 16.3 Å². The molecule has 4 aromatic rings. The lowest BCUT2D eigenvalue weighted by Gasteiger charge is -2.16. The summed E-state index contributed by atoms with van der Waals surface area (Å²) in [4.78, 5) is 53.4. The Labute approximate surface area is 240 Å². The Morgan fingerprint density at radius 1 is 0.902 bits per heavy atom. The first-order chi connectivity index (χ1) is 19.7. The lowest BCUT2D eigenvalue weighted by molar-refractivity contribution is -0.120. The Kier molecular flexibility index (Phi) is 7.50. The number of amides is 3. The molecule has 0 bridgehead atoms. The van der Waals surface area contributed by atoms with Crippen molar-refractivity contribution in [3.05, 3.63) is 111 Å². The quantitative estimate of drug-likeness (QED) is 0.299. The van der Waals surface area contributed by atoms with Gasteiger partial charge in [0, 0.05) is 18.3 Å². The number of halogens is 1. The number of nitrogens with zero attached hydrogens (tertiary/aromatic N) is 3. The van der Waals surface area contributed by atoms with Crippen molar-refractivity contribution in [3.8, 4) is 11.4 Å². The van der Waals surface area contributed by atoms with Gasteiger partial charge in [-0.1, -0.05) is 35.9 Å². The third-order valence-electron chi connectivity index (χ3n) is 6.62. The van der Waals surface area contributed by atoms with Crippen LogP contribution in [0.4, 0.5) is 17.1 Å². The predicted molar refractivity (Wildman–Crippen MR) is 157 cm³/mol. The molecule has 1 aliphatic heterocycles. The number of anilines is 3. The number of nitrogens with one attached hydrogen (secondary N) is 2. The van der Waals surface area contributed by atoms with Gasteiger partial charge in [-0.05, 0) is 68.4 Å². The fourth-order valence-electron chi connectivity index (χ4n) is 4.48. The zero-order valence-electron chi connectivity index (χ0n) is 22.5. The molecule has 11 heteroatoms. The topological polar surface area (TPSA) is 115 Å². The standard InChI is InChI=1S/C30H26ClN5O5/c1-4-41-23-15-13-21(14-16-23)35-28(38)24(31)26(29(35)39)32-20-10-8-9-19(17-20)27(37)33-25-18(2)34(3)36(30(25)40)22-11-6-5-7-12-22/h5-17,32H,4H2,1-3H3,(H,33,37). The lowest BCUT2D eigenvalue weighted by atomic mass is 10.1. The number of para-hydroxylation sites is 1. The molecule has 0 fully saturated rings. The van der Waals surface area contributed by atoms with Gasteiger partial charge in [0.15, 0.2) is 0 Å². The Morgan fingerprint density at radius 2 is 1.61 bits per heavy atom. The minimum Gasteiger partial charge on any atom is -0.494 e. The average Bonchev–Trinajstić information content (AvgIpc) is 3.32. The van der Waals surface area contributed by atoms with Crippen molar-refractivity contribution < 1.29 is 19.1 Å². The fraction of sp³-hybridized carbons (Fsp3) is 0.133. The SMILES string of the molecule is CCOc1ccc(N2C(=O)C(Cl)=C(Nc3cccc(C(=O)Nc4c(C)n(C)n(-c5ccccc5)c4=O)c3)C2=O)cc1. The van der Waals surface area contributed by atoms with Crippen molar-refractivity contribution in [2.75, 3.05) is 22.1 Å². The van der Waals surface area contributed by atoms with Crippen LogP contribution >= 0.6 is 11.6 Å². The molecule has 0 radical (unpaired) electrons. The molecule has 208 valence electrons. The van der Waals surface area contributed by atoms with Gasteiger partial charge >= 0.3 is 0 Å². The van der Waals surface area contributed by atoms with Gasteiger partial charge in [0.1, 0.15) is 22.2 Å². The highest BCUT2D eigenvalue weighted by molar-refractivity contribution is 6.53. The number of ether oxygens (including phenoxy) is 1. The maximum absolute atomic E-state index is 13.2. The zero-order chi connectivity index (χ0) is 29.3. The van der Waals surface area contributed by atoms with Crippen LogP contribution in [-0.4, -0.2) is 33.7 Å². The smallest absolute Gasteiger partial charge is 0.295 e. The van der Waals surface area contributed by atoms with Crippen molar-refractivity contribution >= 4 is 46.4 Å². The lowest BCUT2D eigenvalue weighted by Crippen LogP contribution is -2.32. The van der Waals surface area contributed by atoms with Gasteiger partial charge in [0.2, 0.25) is 0 Å². The number of benzene rings is 3. The summed E-state index contributed by atoms with van der Waals surface area (Å²) in [5.74, 6) is -1.23. The third-order valence-corrected chi connectivity index (χ3v) is 6.97. The molecular formula is C30H26ClN5O5. The Balaban J connectivity index is 1.35. The molecule has 10 nitrogen and oxygen atoms in total. The molecule has 0 unspecified atom stereocenters. The molecule has 0 spiro atoms. The Morgan fingerprint density at radius 3 is 2.29 bits per heavy atom. The van der Waals surface area contributed by atoms with Crippen molar-refractivity contribution in [1.82, 2.24) is 9.36 Å². The van der Waals surface area contributed by atoms with Gasteiger partial charge in [0.25, 0.3) is 23.3 Å². The number of imide groups is 1. The Bertz CT molecular complexity index is 1760. The normalized spacial score (nSPS) is 13.1. The third kappa shape index (κ3) is 5.12. The number of aromatic nitrogens is 2. The van der Waals surface area contributed by atoms with Gasteiger partial charge < -0.3 is 15.4 Å². The summed E-state index contributed by atoms with van der Waals surface area (Å²) in [7, 11) is 1.73. The molecule has 1 aliphatic rings. The van der Waals surface area contributed by atoms with Crippen LogP contribution in [0.2, 0.25) is 0 Å². The van der Waals surface area contributed by atoms with Crippen molar-refractivity contribution in [1.29, 1.82) is 0 Å². The first-order valence-electron chi connectivity index (χ1n) is 12.7. The summed E-state index contributed by atoms with van der Waals surface area (Å²) >= 11 is 6.27. The van der Waals surface area contributed by atoms with Crippen LogP contribution in [0.5, 0.6) is 5.75 Å². The maximum atomic E-state index is 13.2. The minimum absolute atomic E-state index is 0.118. The molecule has 2 heterocycles.